The van der Waals surface area contributed by atoms with Gasteiger partial charge in [0.25, 0.3) is 5.91 Å². The first-order chi connectivity index (χ1) is 13.2. The Morgan fingerprint density at radius 3 is 2.56 bits per heavy atom. The van der Waals surface area contributed by atoms with Gasteiger partial charge in [-0.3, -0.25) is 4.79 Å². The highest BCUT2D eigenvalue weighted by Crippen LogP contribution is 2.25. The normalized spacial score (nSPS) is 15.3. The molecule has 1 fully saturated rings. The summed E-state index contributed by atoms with van der Waals surface area (Å²) in [6, 6.07) is 15.4. The van der Waals surface area contributed by atoms with E-state index in [2.05, 4.69) is 22.3 Å². The van der Waals surface area contributed by atoms with Crippen LogP contribution in [-0.4, -0.2) is 38.3 Å². The molecule has 3 rings (SSSR count). The number of para-hydroxylation sites is 1. The maximum absolute atomic E-state index is 12.5. The number of carbonyl (C=O) groups is 1. The molecule has 0 spiro atoms. The number of morpholine rings is 1. The van der Waals surface area contributed by atoms with Crippen LogP contribution in [0.1, 0.15) is 18.9 Å². The predicted octanol–water partition coefficient (Wildman–Crippen LogP) is 3.65. The van der Waals surface area contributed by atoms with E-state index in [0.717, 1.165) is 31.9 Å². The molecular formula is C21H25ClN2O3. The number of nitrogens with one attached hydrogen (secondary N) is 1. The molecule has 1 aliphatic rings. The molecule has 0 radical (unpaired) electrons. The van der Waals surface area contributed by atoms with Crippen molar-refractivity contribution in [2.75, 3.05) is 31.2 Å². The highest BCUT2D eigenvalue weighted by atomic mass is 35.5. The number of amides is 1. The fourth-order valence-electron chi connectivity index (χ4n) is 2.96. The van der Waals surface area contributed by atoms with Crippen LogP contribution in [0, 0.1) is 0 Å². The van der Waals surface area contributed by atoms with Crippen molar-refractivity contribution in [3.63, 3.8) is 0 Å². The molecule has 2 aromatic rings. The molecule has 5 nitrogen and oxygen atoms in total. The molecule has 144 valence electrons. The number of anilines is 1. The first-order valence-electron chi connectivity index (χ1n) is 9.28. The summed E-state index contributed by atoms with van der Waals surface area (Å²) in [6.07, 6.45) is -0.00921. The Morgan fingerprint density at radius 2 is 1.89 bits per heavy atom. The van der Waals surface area contributed by atoms with Gasteiger partial charge in [0.05, 0.1) is 18.2 Å². The van der Waals surface area contributed by atoms with Crippen molar-refractivity contribution < 1.29 is 14.3 Å². The van der Waals surface area contributed by atoms with Gasteiger partial charge in [-0.25, -0.2) is 0 Å². The van der Waals surface area contributed by atoms with Gasteiger partial charge in [-0.1, -0.05) is 42.8 Å². The van der Waals surface area contributed by atoms with Crippen LogP contribution in [0.3, 0.4) is 0 Å². The van der Waals surface area contributed by atoms with Gasteiger partial charge in [0.2, 0.25) is 0 Å². The lowest BCUT2D eigenvalue weighted by Crippen LogP contribution is -2.37. The van der Waals surface area contributed by atoms with Gasteiger partial charge in [-0.2, -0.15) is 0 Å². The summed E-state index contributed by atoms with van der Waals surface area (Å²) in [6.45, 7) is 5.73. The summed E-state index contributed by atoms with van der Waals surface area (Å²) in [5.74, 6) is 0.380. The number of rotatable bonds is 7. The number of nitrogens with zero attached hydrogens (tertiary/aromatic N) is 1. The number of carbonyl (C=O) groups excluding carboxylic acids is 1. The molecule has 1 atom stereocenters. The monoisotopic (exact) mass is 388 g/mol. The van der Waals surface area contributed by atoms with Crippen molar-refractivity contribution in [1.82, 2.24) is 5.32 Å². The highest BCUT2D eigenvalue weighted by molar-refractivity contribution is 6.32. The van der Waals surface area contributed by atoms with Crippen LogP contribution in [0.2, 0.25) is 5.02 Å². The van der Waals surface area contributed by atoms with Gasteiger partial charge in [0.1, 0.15) is 5.75 Å². The van der Waals surface area contributed by atoms with E-state index in [1.807, 2.05) is 31.2 Å². The first kappa shape index (κ1) is 19.5. The Labute approximate surface area is 165 Å². The second-order valence-electron chi connectivity index (χ2n) is 6.43. The molecule has 1 unspecified atom stereocenters. The van der Waals surface area contributed by atoms with E-state index in [4.69, 9.17) is 21.1 Å². The molecule has 6 heteroatoms. The topological polar surface area (TPSA) is 50.8 Å². The summed E-state index contributed by atoms with van der Waals surface area (Å²) < 4.78 is 11.2. The summed E-state index contributed by atoms with van der Waals surface area (Å²) in [4.78, 5) is 14.8. The summed E-state index contributed by atoms with van der Waals surface area (Å²) in [5, 5.41) is 3.45. The zero-order chi connectivity index (χ0) is 19.1. The largest absolute Gasteiger partial charge is 0.479 e. The average Bonchev–Trinajstić information content (AvgIpc) is 2.72. The molecule has 1 saturated heterocycles. The second kappa shape index (κ2) is 9.62. The lowest BCUT2D eigenvalue weighted by molar-refractivity contribution is -0.128. The quantitative estimate of drug-likeness (QED) is 0.786. The number of ether oxygens (including phenoxy) is 2. The lowest BCUT2D eigenvalue weighted by Gasteiger charge is -2.29. The maximum atomic E-state index is 12.5. The number of halogens is 1. The average molecular weight is 389 g/mol. The molecule has 2 aromatic carbocycles. The zero-order valence-electron chi connectivity index (χ0n) is 15.5. The number of hydrogen-bond donors (Lipinski definition) is 1. The van der Waals surface area contributed by atoms with E-state index < -0.39 is 6.10 Å². The van der Waals surface area contributed by atoms with Crippen LogP contribution >= 0.6 is 11.6 Å². The van der Waals surface area contributed by atoms with Gasteiger partial charge < -0.3 is 19.7 Å². The van der Waals surface area contributed by atoms with E-state index in [0.29, 0.717) is 23.7 Å². The van der Waals surface area contributed by atoms with E-state index in [1.165, 1.54) is 5.69 Å². The van der Waals surface area contributed by atoms with Gasteiger partial charge in [-0.15, -0.1) is 0 Å². The van der Waals surface area contributed by atoms with Crippen LogP contribution < -0.4 is 15.0 Å². The van der Waals surface area contributed by atoms with Crippen LogP contribution in [0.25, 0.3) is 0 Å². The fourth-order valence-corrected chi connectivity index (χ4v) is 3.15. The molecule has 0 saturated carbocycles. The van der Waals surface area contributed by atoms with Gasteiger partial charge in [0, 0.05) is 25.3 Å². The summed E-state index contributed by atoms with van der Waals surface area (Å²) in [7, 11) is 0. The van der Waals surface area contributed by atoms with E-state index in [1.54, 1.807) is 12.1 Å². The fraction of sp³-hybridized carbons (Fsp3) is 0.381. The molecule has 1 N–H and O–H groups in total. The summed E-state index contributed by atoms with van der Waals surface area (Å²) in [5.41, 5.74) is 2.23. The SMILES string of the molecule is CCC(Oc1ccccc1Cl)C(=O)NCc1ccc(N2CCOCC2)cc1. The van der Waals surface area contributed by atoms with Gasteiger partial charge in [0.15, 0.2) is 6.10 Å². The van der Waals surface area contributed by atoms with Crippen molar-refractivity contribution in [2.24, 2.45) is 0 Å². The molecule has 1 amide bonds. The first-order valence-corrected chi connectivity index (χ1v) is 9.65. The standard InChI is InChI=1S/C21H25ClN2O3/c1-2-19(27-20-6-4-3-5-18(20)22)21(25)23-15-16-7-9-17(10-8-16)24-11-13-26-14-12-24/h3-10,19H,2,11-15H2,1H3,(H,23,25). The summed E-state index contributed by atoms with van der Waals surface area (Å²) >= 11 is 6.11. The van der Waals surface area contributed by atoms with Crippen LogP contribution in [0.5, 0.6) is 5.75 Å². The third kappa shape index (κ3) is 5.37. The van der Waals surface area contributed by atoms with Gasteiger partial charge >= 0.3 is 0 Å². The van der Waals surface area contributed by atoms with E-state index >= 15 is 0 Å². The number of benzene rings is 2. The third-order valence-electron chi connectivity index (χ3n) is 4.55. The molecular weight excluding hydrogens is 364 g/mol. The van der Waals surface area contributed by atoms with Crippen molar-refractivity contribution in [2.45, 2.75) is 26.0 Å². The Balaban J connectivity index is 1.53. The Bertz CT molecular complexity index is 745. The predicted molar refractivity (Wildman–Crippen MR) is 107 cm³/mol. The van der Waals surface area contributed by atoms with Crippen molar-refractivity contribution >= 4 is 23.2 Å². The van der Waals surface area contributed by atoms with Gasteiger partial charge in [-0.05, 0) is 36.2 Å². The minimum Gasteiger partial charge on any atom is -0.479 e. The smallest absolute Gasteiger partial charge is 0.261 e. The molecule has 1 heterocycles. The Hall–Kier alpha value is -2.24. The van der Waals surface area contributed by atoms with E-state index in [-0.39, 0.29) is 5.91 Å². The Morgan fingerprint density at radius 1 is 1.19 bits per heavy atom. The molecule has 1 aliphatic heterocycles. The van der Waals surface area contributed by atoms with Crippen LogP contribution in [0.4, 0.5) is 5.69 Å². The van der Waals surface area contributed by atoms with Crippen molar-refractivity contribution in [3.05, 3.63) is 59.1 Å². The van der Waals surface area contributed by atoms with Crippen molar-refractivity contribution in [3.8, 4) is 5.75 Å². The highest BCUT2D eigenvalue weighted by Gasteiger charge is 2.19. The third-order valence-corrected chi connectivity index (χ3v) is 4.86. The van der Waals surface area contributed by atoms with Crippen molar-refractivity contribution in [1.29, 1.82) is 0 Å². The minimum atomic E-state index is -0.572. The minimum absolute atomic E-state index is 0.144. The molecule has 0 aromatic heterocycles. The molecule has 0 aliphatic carbocycles. The van der Waals surface area contributed by atoms with E-state index in [9.17, 15) is 4.79 Å². The number of hydrogen-bond acceptors (Lipinski definition) is 4. The lowest BCUT2D eigenvalue weighted by atomic mass is 10.1. The Kier molecular flexibility index (Phi) is 6.96. The molecule has 27 heavy (non-hydrogen) atoms. The maximum Gasteiger partial charge on any atom is 0.261 e. The van der Waals surface area contributed by atoms with Crippen LogP contribution in [-0.2, 0) is 16.1 Å². The second-order valence-corrected chi connectivity index (χ2v) is 6.84. The van der Waals surface area contributed by atoms with Crippen LogP contribution in [0.15, 0.2) is 48.5 Å². The zero-order valence-corrected chi connectivity index (χ0v) is 16.2. The molecule has 0 bridgehead atoms.